The number of hydrogen-bond acceptors (Lipinski definition) is 5. The van der Waals surface area contributed by atoms with E-state index in [-0.39, 0.29) is 22.3 Å². The van der Waals surface area contributed by atoms with Gasteiger partial charge in [-0.15, -0.1) is 0 Å². The molecule has 1 aromatic carbocycles. The molecule has 1 aromatic rings. The van der Waals surface area contributed by atoms with Crippen LogP contribution in [0, 0.1) is 0 Å². The molecule has 1 aliphatic heterocycles. The van der Waals surface area contributed by atoms with Crippen molar-refractivity contribution in [2.45, 2.75) is 52.4 Å². The monoisotopic (exact) mass is 388 g/mol. The van der Waals surface area contributed by atoms with Gasteiger partial charge in [0.15, 0.2) is 0 Å². The van der Waals surface area contributed by atoms with Gasteiger partial charge in [0.1, 0.15) is 18.0 Å². The Hall–Kier alpha value is -2.83. The lowest BCUT2D eigenvalue weighted by Gasteiger charge is -2.28. The number of urea groups is 1. The molecule has 3 amide bonds. The highest BCUT2D eigenvalue weighted by Gasteiger charge is 2.35. The van der Waals surface area contributed by atoms with Crippen molar-refractivity contribution in [3.8, 4) is 5.75 Å². The minimum absolute atomic E-state index is 0.0688. The van der Waals surface area contributed by atoms with E-state index in [4.69, 9.17) is 0 Å². The molecule has 1 fully saturated rings. The fourth-order valence-corrected chi connectivity index (χ4v) is 2.96. The van der Waals surface area contributed by atoms with E-state index in [0.717, 1.165) is 16.0 Å². The number of rotatable bonds is 3. The Morgan fingerprint density at radius 1 is 1.11 bits per heavy atom. The van der Waals surface area contributed by atoms with E-state index in [1.807, 2.05) is 41.5 Å². The summed E-state index contributed by atoms with van der Waals surface area (Å²) in [5.41, 5.74) is 1.59. The van der Waals surface area contributed by atoms with Gasteiger partial charge in [-0.1, -0.05) is 41.5 Å². The van der Waals surface area contributed by atoms with Gasteiger partial charge in [-0.3, -0.25) is 9.59 Å². The van der Waals surface area contributed by atoms with Crippen molar-refractivity contribution >= 4 is 24.0 Å². The highest BCUT2D eigenvalue weighted by atomic mass is 16.5. The maximum absolute atomic E-state index is 12.5. The van der Waals surface area contributed by atoms with Gasteiger partial charge in [-0.25, -0.2) is 9.69 Å². The van der Waals surface area contributed by atoms with Crippen LogP contribution in [-0.2, 0) is 25.2 Å². The maximum Gasteiger partial charge on any atom is 0.329 e. The van der Waals surface area contributed by atoms with Crippen LogP contribution in [0.3, 0.4) is 0 Å². The van der Waals surface area contributed by atoms with Crippen molar-refractivity contribution in [2.24, 2.45) is 0 Å². The zero-order valence-corrected chi connectivity index (χ0v) is 17.5. The third kappa shape index (κ3) is 4.35. The van der Waals surface area contributed by atoms with Crippen LogP contribution in [0.15, 0.2) is 17.8 Å². The van der Waals surface area contributed by atoms with Gasteiger partial charge in [-0.05, 0) is 34.6 Å². The molecule has 2 N–H and O–H groups in total. The SMILES string of the molecule is COC(=O)CN1C(=O)N/C(=C/c2cc(C(C)(C)C)c(O)c(C(C)(C)C)c2)C1=O. The molecular formula is C21H28N2O5. The summed E-state index contributed by atoms with van der Waals surface area (Å²) in [5.74, 6) is -1.05. The van der Waals surface area contributed by atoms with E-state index in [9.17, 15) is 19.5 Å². The zero-order chi connectivity index (χ0) is 21.4. The maximum atomic E-state index is 12.5. The number of imide groups is 1. The normalized spacial score (nSPS) is 16.5. The zero-order valence-electron chi connectivity index (χ0n) is 17.5. The van der Waals surface area contributed by atoms with E-state index < -0.39 is 24.5 Å². The summed E-state index contributed by atoms with van der Waals surface area (Å²) >= 11 is 0. The highest BCUT2D eigenvalue weighted by Crippen LogP contribution is 2.40. The van der Waals surface area contributed by atoms with Crippen LogP contribution in [0.4, 0.5) is 4.79 Å². The number of carbonyl (C=O) groups is 3. The van der Waals surface area contributed by atoms with Crippen molar-refractivity contribution in [1.29, 1.82) is 0 Å². The number of methoxy groups -OCH3 is 1. The lowest BCUT2D eigenvalue weighted by Crippen LogP contribution is -2.36. The molecule has 0 bridgehead atoms. The van der Waals surface area contributed by atoms with Crippen LogP contribution in [0.1, 0.15) is 58.2 Å². The predicted molar refractivity (Wildman–Crippen MR) is 106 cm³/mol. The van der Waals surface area contributed by atoms with Gasteiger partial charge in [-0.2, -0.15) is 0 Å². The highest BCUT2D eigenvalue weighted by molar-refractivity contribution is 6.15. The molecule has 28 heavy (non-hydrogen) atoms. The summed E-state index contributed by atoms with van der Waals surface area (Å²) in [4.78, 5) is 36.8. The van der Waals surface area contributed by atoms with Crippen molar-refractivity contribution in [3.63, 3.8) is 0 Å². The summed E-state index contributed by atoms with van der Waals surface area (Å²) in [6, 6.07) is 2.94. The van der Waals surface area contributed by atoms with Gasteiger partial charge >= 0.3 is 12.0 Å². The Morgan fingerprint density at radius 3 is 2.04 bits per heavy atom. The molecule has 0 saturated carbocycles. The van der Waals surface area contributed by atoms with Crippen molar-refractivity contribution in [2.75, 3.05) is 13.7 Å². The van der Waals surface area contributed by atoms with Gasteiger partial charge in [0, 0.05) is 11.1 Å². The summed E-state index contributed by atoms with van der Waals surface area (Å²) in [7, 11) is 1.19. The largest absolute Gasteiger partial charge is 0.507 e. The average Bonchev–Trinajstić information content (AvgIpc) is 2.81. The molecule has 7 heteroatoms. The molecule has 0 spiro atoms. The minimum Gasteiger partial charge on any atom is -0.507 e. The number of nitrogens with one attached hydrogen (secondary N) is 1. The van der Waals surface area contributed by atoms with Gasteiger partial charge < -0.3 is 15.2 Å². The second kappa shape index (κ2) is 7.30. The fraction of sp³-hybridized carbons (Fsp3) is 0.476. The van der Waals surface area contributed by atoms with E-state index in [2.05, 4.69) is 10.1 Å². The first kappa shape index (κ1) is 21.5. The van der Waals surface area contributed by atoms with E-state index in [1.165, 1.54) is 7.11 Å². The van der Waals surface area contributed by atoms with Gasteiger partial charge in [0.05, 0.1) is 7.11 Å². The standard InChI is InChI=1S/C21H28N2O5/c1-20(2,3)13-8-12(9-14(17(13)25)21(4,5)6)10-15-18(26)23(19(27)22-15)11-16(24)28-7/h8-10,25H,11H2,1-7H3,(H,22,27)/b15-10+. The number of aromatic hydroxyl groups is 1. The summed E-state index contributed by atoms with van der Waals surface area (Å²) < 4.78 is 4.52. The van der Waals surface area contributed by atoms with Crippen LogP contribution in [-0.4, -0.2) is 41.6 Å². The average molecular weight is 388 g/mol. The molecule has 1 heterocycles. The Labute approximate surface area is 165 Å². The lowest BCUT2D eigenvalue weighted by atomic mass is 9.78. The lowest BCUT2D eigenvalue weighted by molar-refractivity contribution is -0.143. The number of hydrogen-bond donors (Lipinski definition) is 2. The van der Waals surface area contributed by atoms with Crippen LogP contribution in [0.25, 0.3) is 6.08 Å². The summed E-state index contributed by atoms with van der Waals surface area (Å²) in [6.45, 7) is 11.5. The van der Waals surface area contributed by atoms with E-state index in [0.29, 0.717) is 5.56 Å². The van der Waals surface area contributed by atoms with Crippen molar-refractivity contribution in [1.82, 2.24) is 10.2 Å². The van der Waals surface area contributed by atoms with Crippen LogP contribution >= 0.6 is 0 Å². The molecule has 0 atom stereocenters. The van der Waals surface area contributed by atoms with E-state index in [1.54, 1.807) is 18.2 Å². The molecule has 0 unspecified atom stereocenters. The predicted octanol–water partition coefficient (Wildman–Crippen LogP) is 3.05. The number of carbonyl (C=O) groups excluding carboxylic acids is 3. The van der Waals surface area contributed by atoms with Gasteiger partial charge in [0.2, 0.25) is 0 Å². The third-order valence-corrected chi connectivity index (χ3v) is 4.54. The topological polar surface area (TPSA) is 95.9 Å². The fourth-order valence-electron chi connectivity index (χ4n) is 2.96. The first-order valence-electron chi connectivity index (χ1n) is 9.05. The minimum atomic E-state index is -0.681. The van der Waals surface area contributed by atoms with Crippen LogP contribution in [0.2, 0.25) is 0 Å². The molecule has 0 aliphatic carbocycles. The molecule has 0 radical (unpaired) electrons. The number of esters is 1. The number of phenolic OH excluding ortho intramolecular Hbond substituents is 1. The molecule has 1 aliphatic rings. The van der Waals surface area contributed by atoms with Crippen LogP contribution < -0.4 is 5.32 Å². The van der Waals surface area contributed by atoms with Crippen molar-refractivity contribution in [3.05, 3.63) is 34.5 Å². The molecule has 7 nitrogen and oxygen atoms in total. The summed E-state index contributed by atoms with van der Waals surface area (Å²) in [5, 5.41) is 13.3. The Morgan fingerprint density at radius 2 is 1.61 bits per heavy atom. The number of ether oxygens (including phenoxy) is 1. The van der Waals surface area contributed by atoms with Crippen molar-refractivity contribution < 1.29 is 24.2 Å². The smallest absolute Gasteiger partial charge is 0.329 e. The number of phenols is 1. The molecule has 0 aromatic heterocycles. The van der Waals surface area contributed by atoms with Gasteiger partial charge in [0.25, 0.3) is 5.91 Å². The summed E-state index contributed by atoms with van der Waals surface area (Å²) in [6.07, 6.45) is 1.56. The molecular weight excluding hydrogens is 360 g/mol. The van der Waals surface area contributed by atoms with Crippen LogP contribution in [0.5, 0.6) is 5.75 Å². The number of amides is 3. The first-order chi connectivity index (χ1) is 12.8. The second-order valence-electron chi connectivity index (χ2n) is 8.92. The first-order valence-corrected chi connectivity index (χ1v) is 9.05. The Bertz CT molecular complexity index is 822. The number of benzene rings is 1. The second-order valence-corrected chi connectivity index (χ2v) is 8.92. The number of nitrogens with zero attached hydrogens (tertiary/aromatic N) is 1. The molecule has 1 saturated heterocycles. The Balaban J connectivity index is 2.52. The van der Waals surface area contributed by atoms with E-state index >= 15 is 0 Å². The quantitative estimate of drug-likeness (QED) is 0.471. The molecule has 2 rings (SSSR count). The Kier molecular flexibility index (Phi) is 5.59. The third-order valence-electron chi connectivity index (χ3n) is 4.54. The molecule has 152 valence electrons.